The second-order valence-electron chi connectivity index (χ2n) is 8.65. The van der Waals surface area contributed by atoms with E-state index in [2.05, 4.69) is 15.3 Å². The molecular weight excluding hydrogens is 484 g/mol. The number of anilines is 2. The lowest BCUT2D eigenvalue weighted by atomic mass is 10.1. The van der Waals surface area contributed by atoms with Crippen molar-refractivity contribution in [1.82, 2.24) is 9.97 Å². The van der Waals surface area contributed by atoms with Crippen molar-refractivity contribution < 1.29 is 26.0 Å². The summed E-state index contributed by atoms with van der Waals surface area (Å²) in [5.41, 5.74) is 1.36. The molecule has 4 rings (SSSR count). The van der Waals surface area contributed by atoms with E-state index in [1.165, 1.54) is 24.7 Å². The number of hydrogen-bond acceptors (Lipinski definition) is 6. The molecule has 0 unspecified atom stereocenters. The number of hydrogen-bond donors (Lipinski definition) is 1. The minimum atomic E-state index is -4.41. The Hall–Kier alpha value is -3.21. The van der Waals surface area contributed by atoms with Gasteiger partial charge < -0.3 is 10.2 Å². The molecule has 35 heavy (non-hydrogen) atoms. The number of nitrogens with zero attached hydrogens (tertiary/aromatic N) is 3. The van der Waals surface area contributed by atoms with Crippen molar-refractivity contribution >= 4 is 21.5 Å². The van der Waals surface area contributed by atoms with Crippen molar-refractivity contribution in [3.63, 3.8) is 0 Å². The third kappa shape index (κ3) is 6.68. The Morgan fingerprint density at radius 2 is 1.57 bits per heavy atom. The summed E-state index contributed by atoms with van der Waals surface area (Å²) in [6.07, 6.45) is -0.320. The number of halogens is 4. The molecule has 0 radical (unpaired) electrons. The van der Waals surface area contributed by atoms with Gasteiger partial charge in [0.15, 0.2) is 21.5 Å². The summed E-state index contributed by atoms with van der Waals surface area (Å²) in [6, 6.07) is 11.8. The van der Waals surface area contributed by atoms with Crippen LogP contribution in [0.2, 0.25) is 0 Å². The first kappa shape index (κ1) is 24.9. The van der Waals surface area contributed by atoms with Gasteiger partial charge in [0, 0.05) is 25.4 Å². The minimum absolute atomic E-state index is 0.00767. The molecule has 186 valence electrons. The molecule has 0 aliphatic heterocycles. The highest BCUT2D eigenvalue weighted by atomic mass is 32.2. The van der Waals surface area contributed by atoms with Gasteiger partial charge in [0.05, 0.1) is 11.3 Å². The third-order valence-corrected chi connectivity index (χ3v) is 6.43. The molecule has 3 aromatic rings. The van der Waals surface area contributed by atoms with Gasteiger partial charge in [-0.05, 0) is 41.7 Å². The average Bonchev–Trinajstić information content (AvgIpc) is 3.62. The quantitative estimate of drug-likeness (QED) is 0.412. The number of sulfone groups is 1. The molecule has 1 aliphatic rings. The molecular formula is C24H24F4N4O2S. The van der Waals surface area contributed by atoms with Crippen LogP contribution in [-0.4, -0.2) is 30.7 Å². The van der Waals surface area contributed by atoms with Gasteiger partial charge in [-0.3, -0.25) is 0 Å². The Bertz CT molecular complexity index is 1280. The van der Waals surface area contributed by atoms with Crippen molar-refractivity contribution in [2.75, 3.05) is 16.5 Å². The number of benzene rings is 2. The van der Waals surface area contributed by atoms with Crippen LogP contribution >= 0.6 is 0 Å². The maximum atomic E-state index is 15.3. The van der Waals surface area contributed by atoms with Crippen LogP contribution in [0.3, 0.4) is 0 Å². The predicted octanol–water partition coefficient (Wildman–Crippen LogP) is 4.96. The monoisotopic (exact) mass is 508 g/mol. The van der Waals surface area contributed by atoms with Crippen molar-refractivity contribution in [3.05, 3.63) is 82.9 Å². The van der Waals surface area contributed by atoms with E-state index in [0.29, 0.717) is 11.1 Å². The number of aromatic nitrogens is 2. The van der Waals surface area contributed by atoms with Crippen LogP contribution in [-0.2, 0) is 34.9 Å². The van der Waals surface area contributed by atoms with Gasteiger partial charge in [0.25, 0.3) is 0 Å². The van der Waals surface area contributed by atoms with Gasteiger partial charge in [0.1, 0.15) is 6.33 Å². The predicted molar refractivity (Wildman–Crippen MR) is 125 cm³/mol. The van der Waals surface area contributed by atoms with Gasteiger partial charge in [-0.2, -0.15) is 17.6 Å². The summed E-state index contributed by atoms with van der Waals surface area (Å²) in [5.74, 6) is -0.595. The number of nitrogens with one attached hydrogen (secondary N) is 1. The van der Waals surface area contributed by atoms with E-state index in [1.54, 1.807) is 29.2 Å². The second kappa shape index (κ2) is 9.80. The van der Waals surface area contributed by atoms with Gasteiger partial charge in [0.2, 0.25) is 5.82 Å². The average molecular weight is 509 g/mol. The molecule has 1 heterocycles. The van der Waals surface area contributed by atoms with E-state index >= 15 is 4.39 Å². The molecule has 6 nitrogen and oxygen atoms in total. The summed E-state index contributed by atoms with van der Waals surface area (Å²) < 4.78 is 76.8. The highest BCUT2D eigenvalue weighted by molar-refractivity contribution is 7.89. The highest BCUT2D eigenvalue weighted by Crippen LogP contribution is 2.35. The van der Waals surface area contributed by atoms with Gasteiger partial charge in [-0.1, -0.05) is 36.4 Å². The third-order valence-electron chi connectivity index (χ3n) is 5.58. The van der Waals surface area contributed by atoms with E-state index in [4.69, 9.17) is 0 Å². The first-order valence-electron chi connectivity index (χ1n) is 10.9. The van der Waals surface area contributed by atoms with Crippen molar-refractivity contribution in [1.29, 1.82) is 0 Å². The van der Waals surface area contributed by atoms with Crippen molar-refractivity contribution in [2.24, 2.45) is 0 Å². The molecule has 1 N–H and O–H groups in total. The normalized spacial score (nSPS) is 14.1. The molecule has 0 atom stereocenters. The Kier molecular flexibility index (Phi) is 6.98. The van der Waals surface area contributed by atoms with Gasteiger partial charge >= 0.3 is 6.18 Å². The first-order chi connectivity index (χ1) is 16.5. The summed E-state index contributed by atoms with van der Waals surface area (Å²) in [4.78, 5) is 9.87. The van der Waals surface area contributed by atoms with E-state index in [-0.39, 0.29) is 36.5 Å². The zero-order chi connectivity index (χ0) is 25.2. The molecule has 2 aromatic carbocycles. The van der Waals surface area contributed by atoms with E-state index in [1.807, 2.05) is 0 Å². The fraction of sp³-hybridized carbons (Fsp3) is 0.333. The van der Waals surface area contributed by atoms with Crippen molar-refractivity contribution in [2.45, 2.75) is 43.9 Å². The van der Waals surface area contributed by atoms with Crippen LogP contribution in [0.5, 0.6) is 0 Å². The summed E-state index contributed by atoms with van der Waals surface area (Å²) in [5, 5.41) is 2.94. The lowest BCUT2D eigenvalue weighted by molar-refractivity contribution is -0.137. The van der Waals surface area contributed by atoms with Crippen LogP contribution in [0.4, 0.5) is 29.2 Å². The largest absolute Gasteiger partial charge is 0.416 e. The molecule has 1 aromatic heterocycles. The fourth-order valence-electron chi connectivity index (χ4n) is 3.68. The molecule has 0 amide bonds. The molecule has 1 aliphatic carbocycles. The standard InChI is InChI=1S/C24H24F4N4O2S/c1-35(33,34)14-18-4-2-16(3-5-18)12-29-22-21(25)23(31-15-30-22)32(20-10-11-20)13-17-6-8-19(9-7-17)24(26,27)28/h2-9,15,20H,10-14H2,1H3,(H,29,30,31). The zero-order valence-electron chi connectivity index (χ0n) is 18.9. The Balaban J connectivity index is 1.47. The summed E-state index contributed by atoms with van der Waals surface area (Å²) >= 11 is 0. The molecule has 1 fully saturated rings. The molecule has 0 spiro atoms. The van der Waals surface area contributed by atoms with E-state index in [0.717, 1.165) is 30.5 Å². The highest BCUT2D eigenvalue weighted by Gasteiger charge is 2.33. The van der Waals surface area contributed by atoms with Crippen LogP contribution in [0, 0.1) is 5.82 Å². The van der Waals surface area contributed by atoms with Crippen LogP contribution in [0.25, 0.3) is 0 Å². The maximum Gasteiger partial charge on any atom is 0.416 e. The Morgan fingerprint density at radius 3 is 2.14 bits per heavy atom. The van der Waals surface area contributed by atoms with Gasteiger partial charge in [-0.15, -0.1) is 0 Å². The summed E-state index contributed by atoms with van der Waals surface area (Å²) in [7, 11) is -3.13. The molecule has 0 bridgehead atoms. The van der Waals surface area contributed by atoms with Crippen LogP contribution in [0.1, 0.15) is 35.1 Å². The number of rotatable bonds is 9. The lowest BCUT2D eigenvalue weighted by Gasteiger charge is -2.24. The molecule has 0 saturated heterocycles. The minimum Gasteiger partial charge on any atom is -0.363 e. The lowest BCUT2D eigenvalue weighted by Crippen LogP contribution is -2.27. The fourth-order valence-corrected chi connectivity index (χ4v) is 4.48. The first-order valence-corrected chi connectivity index (χ1v) is 13.0. The second-order valence-corrected chi connectivity index (χ2v) is 10.8. The molecule has 11 heteroatoms. The number of alkyl halides is 3. The Labute approximate surface area is 200 Å². The smallest absolute Gasteiger partial charge is 0.363 e. The molecule has 1 saturated carbocycles. The SMILES string of the molecule is CS(=O)(=O)Cc1ccc(CNc2ncnc(N(Cc3ccc(C(F)(F)F)cc3)C3CC3)c2F)cc1. The van der Waals surface area contributed by atoms with Crippen LogP contribution in [0.15, 0.2) is 54.9 Å². The van der Waals surface area contributed by atoms with Gasteiger partial charge in [-0.25, -0.2) is 18.4 Å². The zero-order valence-corrected chi connectivity index (χ0v) is 19.7. The van der Waals surface area contributed by atoms with Crippen LogP contribution < -0.4 is 10.2 Å². The van der Waals surface area contributed by atoms with E-state index < -0.39 is 27.4 Å². The maximum absolute atomic E-state index is 15.3. The topological polar surface area (TPSA) is 75.2 Å². The summed E-state index contributed by atoms with van der Waals surface area (Å²) in [6.45, 7) is 0.479. The van der Waals surface area contributed by atoms with E-state index in [9.17, 15) is 21.6 Å². The Morgan fingerprint density at radius 1 is 0.971 bits per heavy atom. The van der Waals surface area contributed by atoms with Crippen molar-refractivity contribution in [3.8, 4) is 0 Å².